The van der Waals surface area contributed by atoms with Crippen molar-refractivity contribution in [2.24, 2.45) is 0 Å². The third kappa shape index (κ3) is 4.30. The molecular formula is C25H30N4O. The second-order valence-corrected chi connectivity index (χ2v) is 8.38. The molecule has 4 rings (SSSR count). The molecule has 0 spiro atoms. The van der Waals surface area contributed by atoms with Gasteiger partial charge in [-0.25, -0.2) is 4.98 Å². The predicted molar refractivity (Wildman–Crippen MR) is 122 cm³/mol. The molecule has 3 aromatic rings. The zero-order chi connectivity index (χ0) is 21.1. The Labute approximate surface area is 178 Å². The van der Waals surface area contributed by atoms with Crippen LogP contribution in [0.1, 0.15) is 36.5 Å². The van der Waals surface area contributed by atoms with Crippen LogP contribution < -0.4 is 4.90 Å². The lowest BCUT2D eigenvalue weighted by atomic mass is 10.0. The third-order valence-corrected chi connectivity index (χ3v) is 6.01. The number of anilines is 1. The van der Waals surface area contributed by atoms with Gasteiger partial charge in [0.05, 0.1) is 5.52 Å². The Bertz CT molecular complexity index is 1040. The predicted octanol–water partition coefficient (Wildman–Crippen LogP) is 4.31. The number of benzene rings is 1. The van der Waals surface area contributed by atoms with Crippen molar-refractivity contribution in [1.82, 2.24) is 14.9 Å². The highest BCUT2D eigenvalue weighted by Gasteiger charge is 2.28. The summed E-state index contributed by atoms with van der Waals surface area (Å²) in [6, 6.07) is 12.7. The SMILES string of the molecule is Cc1cnc(N2CCN(C(=O)CCCc3cccc4ncccc34)C(C)C2)c(C)c1. The fourth-order valence-electron chi connectivity index (χ4n) is 4.52. The van der Waals surface area contributed by atoms with E-state index in [1.54, 1.807) is 0 Å². The lowest BCUT2D eigenvalue weighted by Crippen LogP contribution is -2.54. The van der Waals surface area contributed by atoms with Crippen LogP contribution >= 0.6 is 0 Å². The summed E-state index contributed by atoms with van der Waals surface area (Å²) in [6.45, 7) is 8.74. The van der Waals surface area contributed by atoms with Gasteiger partial charge < -0.3 is 9.80 Å². The highest BCUT2D eigenvalue weighted by atomic mass is 16.2. The van der Waals surface area contributed by atoms with Crippen molar-refractivity contribution >= 4 is 22.6 Å². The number of hydrogen-bond acceptors (Lipinski definition) is 4. The summed E-state index contributed by atoms with van der Waals surface area (Å²) in [5.74, 6) is 1.30. The Morgan fingerprint density at radius 3 is 2.80 bits per heavy atom. The first kappa shape index (κ1) is 20.3. The van der Waals surface area contributed by atoms with Crippen LogP contribution in [0.3, 0.4) is 0 Å². The molecule has 0 aliphatic carbocycles. The van der Waals surface area contributed by atoms with Gasteiger partial charge in [-0.1, -0.05) is 24.3 Å². The van der Waals surface area contributed by atoms with Gasteiger partial charge in [0.15, 0.2) is 0 Å². The highest BCUT2D eigenvalue weighted by molar-refractivity contribution is 5.82. The highest BCUT2D eigenvalue weighted by Crippen LogP contribution is 2.23. The Hall–Kier alpha value is -2.95. The summed E-state index contributed by atoms with van der Waals surface area (Å²) in [7, 11) is 0. The van der Waals surface area contributed by atoms with Gasteiger partial charge in [0.2, 0.25) is 5.91 Å². The van der Waals surface area contributed by atoms with E-state index in [4.69, 9.17) is 0 Å². The van der Waals surface area contributed by atoms with E-state index < -0.39 is 0 Å². The second kappa shape index (κ2) is 8.82. The normalized spacial score (nSPS) is 16.8. The first-order valence-corrected chi connectivity index (χ1v) is 10.8. The summed E-state index contributed by atoms with van der Waals surface area (Å²) < 4.78 is 0. The first-order valence-electron chi connectivity index (χ1n) is 10.8. The smallest absolute Gasteiger partial charge is 0.222 e. The molecule has 1 aliphatic rings. The average Bonchev–Trinajstić information content (AvgIpc) is 2.74. The summed E-state index contributed by atoms with van der Waals surface area (Å²) >= 11 is 0. The van der Waals surface area contributed by atoms with Crippen LogP contribution in [0.5, 0.6) is 0 Å². The molecule has 1 aromatic carbocycles. The molecule has 5 heteroatoms. The van der Waals surface area contributed by atoms with E-state index >= 15 is 0 Å². The molecule has 1 aliphatic heterocycles. The van der Waals surface area contributed by atoms with Gasteiger partial charge >= 0.3 is 0 Å². The molecule has 1 atom stereocenters. The van der Waals surface area contributed by atoms with E-state index in [9.17, 15) is 4.79 Å². The maximum absolute atomic E-state index is 12.9. The summed E-state index contributed by atoms with van der Waals surface area (Å²) in [4.78, 5) is 26.3. The Morgan fingerprint density at radius 2 is 2.00 bits per heavy atom. The zero-order valence-corrected chi connectivity index (χ0v) is 18.1. The first-order chi connectivity index (χ1) is 14.5. The number of amides is 1. The summed E-state index contributed by atoms with van der Waals surface area (Å²) in [5, 5.41) is 1.19. The van der Waals surface area contributed by atoms with Crippen molar-refractivity contribution in [3.63, 3.8) is 0 Å². The summed E-state index contributed by atoms with van der Waals surface area (Å²) in [5.41, 5.74) is 4.67. The quantitative estimate of drug-likeness (QED) is 0.638. The van der Waals surface area contributed by atoms with Crippen LogP contribution in [-0.2, 0) is 11.2 Å². The topological polar surface area (TPSA) is 49.3 Å². The summed E-state index contributed by atoms with van der Waals surface area (Å²) in [6.07, 6.45) is 6.09. The average molecular weight is 403 g/mol. The Morgan fingerprint density at radius 1 is 1.13 bits per heavy atom. The van der Waals surface area contributed by atoms with Crippen molar-refractivity contribution in [2.75, 3.05) is 24.5 Å². The minimum atomic E-state index is 0.190. The molecule has 5 nitrogen and oxygen atoms in total. The Kier molecular flexibility index (Phi) is 5.98. The molecule has 0 N–H and O–H groups in total. The Balaban J connectivity index is 1.33. The van der Waals surface area contributed by atoms with Gasteiger partial charge in [0.25, 0.3) is 0 Å². The fourth-order valence-corrected chi connectivity index (χ4v) is 4.52. The van der Waals surface area contributed by atoms with E-state index in [0.717, 1.165) is 43.8 Å². The number of aryl methyl sites for hydroxylation is 3. The third-order valence-electron chi connectivity index (χ3n) is 6.01. The number of rotatable bonds is 5. The minimum Gasteiger partial charge on any atom is -0.353 e. The molecule has 3 heterocycles. The van der Waals surface area contributed by atoms with E-state index in [0.29, 0.717) is 6.42 Å². The number of aromatic nitrogens is 2. The van der Waals surface area contributed by atoms with E-state index in [1.807, 2.05) is 29.4 Å². The lowest BCUT2D eigenvalue weighted by molar-refractivity contribution is -0.133. The number of piperazine rings is 1. The van der Waals surface area contributed by atoms with E-state index in [1.165, 1.54) is 22.1 Å². The molecule has 0 radical (unpaired) electrons. The van der Waals surface area contributed by atoms with E-state index in [2.05, 4.69) is 59.9 Å². The fraction of sp³-hybridized carbons (Fsp3) is 0.400. The van der Waals surface area contributed by atoms with Crippen LogP contribution in [0.2, 0.25) is 0 Å². The molecule has 1 fully saturated rings. The number of nitrogens with zero attached hydrogens (tertiary/aromatic N) is 4. The molecule has 2 aromatic heterocycles. The number of pyridine rings is 2. The molecule has 30 heavy (non-hydrogen) atoms. The van der Waals surface area contributed by atoms with Crippen LogP contribution in [-0.4, -0.2) is 46.5 Å². The number of hydrogen-bond donors (Lipinski definition) is 0. The van der Waals surface area contributed by atoms with Gasteiger partial charge in [-0.2, -0.15) is 0 Å². The van der Waals surface area contributed by atoms with Crippen molar-refractivity contribution in [1.29, 1.82) is 0 Å². The van der Waals surface area contributed by atoms with Gasteiger partial charge in [0.1, 0.15) is 5.82 Å². The number of carbonyl (C=O) groups is 1. The van der Waals surface area contributed by atoms with Crippen LogP contribution in [0.25, 0.3) is 10.9 Å². The van der Waals surface area contributed by atoms with Crippen LogP contribution in [0.4, 0.5) is 5.82 Å². The van der Waals surface area contributed by atoms with Gasteiger partial charge in [0, 0.05) is 49.9 Å². The van der Waals surface area contributed by atoms with Crippen LogP contribution in [0, 0.1) is 13.8 Å². The second-order valence-electron chi connectivity index (χ2n) is 8.38. The largest absolute Gasteiger partial charge is 0.353 e. The van der Waals surface area contributed by atoms with Crippen LogP contribution in [0.15, 0.2) is 48.8 Å². The molecule has 156 valence electrons. The standard InChI is InChI=1S/C25H30N4O/c1-18-15-19(2)25(27-16-18)28-13-14-29(20(3)17-28)24(30)11-5-8-21-7-4-10-23-22(21)9-6-12-26-23/h4,6-7,9-10,12,15-16,20H,5,8,11,13-14,17H2,1-3H3. The van der Waals surface area contributed by atoms with Gasteiger partial charge in [-0.05, 0) is 62.4 Å². The zero-order valence-electron chi connectivity index (χ0n) is 18.1. The van der Waals surface area contributed by atoms with Gasteiger partial charge in [-0.15, -0.1) is 0 Å². The molecule has 1 saturated heterocycles. The molecule has 1 amide bonds. The maximum Gasteiger partial charge on any atom is 0.222 e. The van der Waals surface area contributed by atoms with Crippen molar-refractivity contribution < 1.29 is 4.79 Å². The van der Waals surface area contributed by atoms with E-state index in [-0.39, 0.29) is 11.9 Å². The van der Waals surface area contributed by atoms with Crippen molar-refractivity contribution in [3.05, 3.63) is 65.5 Å². The molecule has 1 unspecified atom stereocenters. The minimum absolute atomic E-state index is 0.190. The van der Waals surface area contributed by atoms with Gasteiger partial charge in [-0.3, -0.25) is 9.78 Å². The molecule has 0 saturated carbocycles. The van der Waals surface area contributed by atoms with Crippen molar-refractivity contribution in [3.8, 4) is 0 Å². The number of carbonyl (C=O) groups excluding carboxylic acids is 1. The van der Waals surface area contributed by atoms with Crippen molar-refractivity contribution in [2.45, 2.75) is 46.1 Å². The lowest BCUT2D eigenvalue weighted by Gasteiger charge is -2.41. The monoisotopic (exact) mass is 402 g/mol. The maximum atomic E-state index is 12.9. The molecular weight excluding hydrogens is 372 g/mol. The molecule has 0 bridgehead atoms. The number of fused-ring (bicyclic) bond motifs is 1.